The second-order valence-corrected chi connectivity index (χ2v) is 4.08. The van der Waals surface area contributed by atoms with Gasteiger partial charge in [0, 0.05) is 12.5 Å². The van der Waals surface area contributed by atoms with Gasteiger partial charge in [-0.1, -0.05) is 25.7 Å². The number of hydrogen-bond donors (Lipinski definition) is 2. The van der Waals surface area contributed by atoms with E-state index >= 15 is 0 Å². The van der Waals surface area contributed by atoms with Gasteiger partial charge in [-0.05, 0) is 18.8 Å². The predicted molar refractivity (Wildman–Crippen MR) is 51.4 cm³/mol. The molecule has 0 aliphatic heterocycles. The van der Waals surface area contributed by atoms with Crippen LogP contribution >= 0.6 is 0 Å². The lowest BCUT2D eigenvalue weighted by atomic mass is 9.96. The summed E-state index contributed by atoms with van der Waals surface area (Å²) in [4.78, 5) is 10.3. The smallest absolute Gasteiger partial charge is 0.303 e. The minimum absolute atomic E-state index is 0.0965. The maximum Gasteiger partial charge on any atom is 0.303 e. The topological polar surface area (TPSA) is 63.3 Å². The molecule has 0 saturated heterocycles. The first-order valence-corrected chi connectivity index (χ1v) is 5.16. The molecule has 1 rings (SSSR count). The Hall–Kier alpha value is -0.570. The van der Waals surface area contributed by atoms with Crippen molar-refractivity contribution in [1.29, 1.82) is 0 Å². The van der Waals surface area contributed by atoms with E-state index in [2.05, 4.69) is 0 Å². The van der Waals surface area contributed by atoms with Crippen molar-refractivity contribution in [2.24, 2.45) is 11.7 Å². The molecule has 76 valence electrons. The van der Waals surface area contributed by atoms with E-state index in [9.17, 15) is 4.79 Å². The molecule has 1 saturated carbocycles. The van der Waals surface area contributed by atoms with Crippen molar-refractivity contribution in [1.82, 2.24) is 0 Å². The number of carbonyl (C=O) groups is 1. The summed E-state index contributed by atoms with van der Waals surface area (Å²) in [5.41, 5.74) is 5.84. The third-order valence-corrected chi connectivity index (χ3v) is 2.84. The molecule has 0 heterocycles. The summed E-state index contributed by atoms with van der Waals surface area (Å²) in [7, 11) is 0. The van der Waals surface area contributed by atoms with Crippen LogP contribution in [0.3, 0.4) is 0 Å². The van der Waals surface area contributed by atoms with Crippen molar-refractivity contribution in [3.63, 3.8) is 0 Å². The first kappa shape index (κ1) is 10.5. The summed E-state index contributed by atoms with van der Waals surface area (Å²) < 4.78 is 0. The highest BCUT2D eigenvalue weighted by molar-refractivity contribution is 5.66. The Labute approximate surface area is 79.3 Å². The minimum atomic E-state index is -0.734. The van der Waals surface area contributed by atoms with Gasteiger partial charge >= 0.3 is 5.97 Å². The standard InChI is InChI=1S/C10H19NO2/c11-9(5-6-10(12)13)7-8-3-1-2-4-8/h8-9H,1-7,11H2,(H,12,13)/t9-/m1/s1. The number of aliphatic carboxylic acids is 1. The van der Waals surface area contributed by atoms with E-state index in [1.165, 1.54) is 25.7 Å². The highest BCUT2D eigenvalue weighted by Gasteiger charge is 2.18. The molecule has 0 aromatic heterocycles. The molecule has 0 aromatic carbocycles. The van der Waals surface area contributed by atoms with Gasteiger partial charge in [0.15, 0.2) is 0 Å². The zero-order valence-electron chi connectivity index (χ0n) is 8.04. The van der Waals surface area contributed by atoms with Gasteiger partial charge < -0.3 is 10.8 Å². The maximum atomic E-state index is 10.3. The quantitative estimate of drug-likeness (QED) is 0.686. The highest BCUT2D eigenvalue weighted by Crippen LogP contribution is 2.28. The monoisotopic (exact) mass is 185 g/mol. The van der Waals surface area contributed by atoms with Crippen molar-refractivity contribution in [3.05, 3.63) is 0 Å². The van der Waals surface area contributed by atoms with E-state index < -0.39 is 5.97 Å². The predicted octanol–water partition coefficient (Wildman–Crippen LogP) is 1.76. The van der Waals surface area contributed by atoms with Gasteiger partial charge in [0.1, 0.15) is 0 Å². The molecule has 1 atom stereocenters. The molecular formula is C10H19NO2. The fourth-order valence-corrected chi connectivity index (χ4v) is 2.10. The van der Waals surface area contributed by atoms with E-state index in [0.717, 1.165) is 12.3 Å². The Morgan fingerprint density at radius 3 is 2.62 bits per heavy atom. The SMILES string of the molecule is N[C@H](CCC(=O)O)CC1CCCC1. The zero-order chi connectivity index (χ0) is 9.68. The van der Waals surface area contributed by atoms with Crippen molar-refractivity contribution >= 4 is 5.97 Å². The maximum absolute atomic E-state index is 10.3. The first-order chi connectivity index (χ1) is 6.18. The highest BCUT2D eigenvalue weighted by atomic mass is 16.4. The Morgan fingerprint density at radius 1 is 1.46 bits per heavy atom. The molecular weight excluding hydrogens is 166 g/mol. The van der Waals surface area contributed by atoms with E-state index in [1.54, 1.807) is 0 Å². The molecule has 3 nitrogen and oxygen atoms in total. The lowest BCUT2D eigenvalue weighted by Gasteiger charge is -2.14. The molecule has 0 bridgehead atoms. The van der Waals surface area contributed by atoms with E-state index in [-0.39, 0.29) is 12.5 Å². The minimum Gasteiger partial charge on any atom is -0.481 e. The zero-order valence-corrected chi connectivity index (χ0v) is 8.04. The number of rotatable bonds is 5. The Kier molecular flexibility index (Phi) is 4.22. The number of carboxylic acid groups (broad SMARTS) is 1. The Balaban J connectivity index is 2.09. The fourth-order valence-electron chi connectivity index (χ4n) is 2.10. The Bertz CT molecular complexity index is 164. The van der Waals surface area contributed by atoms with Gasteiger partial charge in [-0.3, -0.25) is 4.79 Å². The van der Waals surface area contributed by atoms with Crippen molar-refractivity contribution < 1.29 is 9.90 Å². The second kappa shape index (κ2) is 5.22. The van der Waals surface area contributed by atoms with Crippen LogP contribution in [-0.2, 0) is 4.79 Å². The van der Waals surface area contributed by atoms with Crippen LogP contribution in [0.4, 0.5) is 0 Å². The van der Waals surface area contributed by atoms with Crippen LogP contribution in [0, 0.1) is 5.92 Å². The average Bonchev–Trinajstić information content (AvgIpc) is 2.53. The fraction of sp³-hybridized carbons (Fsp3) is 0.900. The third-order valence-electron chi connectivity index (χ3n) is 2.84. The molecule has 1 fully saturated rings. The molecule has 1 aliphatic carbocycles. The van der Waals surface area contributed by atoms with Crippen LogP contribution in [0.1, 0.15) is 44.9 Å². The van der Waals surface area contributed by atoms with Crippen LogP contribution in [0.15, 0.2) is 0 Å². The molecule has 0 radical (unpaired) electrons. The largest absolute Gasteiger partial charge is 0.481 e. The molecule has 1 aliphatic rings. The Morgan fingerprint density at radius 2 is 2.08 bits per heavy atom. The van der Waals surface area contributed by atoms with Gasteiger partial charge in [-0.15, -0.1) is 0 Å². The van der Waals surface area contributed by atoms with Crippen LogP contribution in [0.5, 0.6) is 0 Å². The van der Waals surface area contributed by atoms with E-state index in [0.29, 0.717) is 6.42 Å². The number of nitrogens with two attached hydrogens (primary N) is 1. The molecule has 3 N–H and O–H groups in total. The summed E-state index contributed by atoms with van der Waals surface area (Å²) >= 11 is 0. The number of hydrogen-bond acceptors (Lipinski definition) is 2. The second-order valence-electron chi connectivity index (χ2n) is 4.08. The van der Waals surface area contributed by atoms with Gasteiger partial charge in [0.25, 0.3) is 0 Å². The van der Waals surface area contributed by atoms with Crippen LogP contribution in [0.2, 0.25) is 0 Å². The van der Waals surface area contributed by atoms with Gasteiger partial charge in [-0.2, -0.15) is 0 Å². The molecule has 0 amide bonds. The van der Waals surface area contributed by atoms with Gasteiger partial charge in [0.05, 0.1) is 0 Å². The first-order valence-electron chi connectivity index (χ1n) is 5.16. The van der Waals surface area contributed by atoms with Crippen LogP contribution in [-0.4, -0.2) is 17.1 Å². The molecule has 0 unspecified atom stereocenters. The molecule has 3 heteroatoms. The average molecular weight is 185 g/mol. The lowest BCUT2D eigenvalue weighted by molar-refractivity contribution is -0.137. The van der Waals surface area contributed by atoms with Crippen LogP contribution in [0.25, 0.3) is 0 Å². The number of carboxylic acids is 1. The lowest BCUT2D eigenvalue weighted by Crippen LogP contribution is -2.23. The molecule has 0 spiro atoms. The van der Waals surface area contributed by atoms with Crippen molar-refractivity contribution in [2.75, 3.05) is 0 Å². The summed E-state index contributed by atoms with van der Waals surface area (Å²) in [6.07, 6.45) is 7.11. The summed E-state index contributed by atoms with van der Waals surface area (Å²) in [5, 5.41) is 8.47. The van der Waals surface area contributed by atoms with Crippen molar-refractivity contribution in [3.8, 4) is 0 Å². The summed E-state index contributed by atoms with van der Waals surface area (Å²) in [5.74, 6) is 0.0330. The van der Waals surface area contributed by atoms with E-state index in [1.807, 2.05) is 0 Å². The van der Waals surface area contributed by atoms with Gasteiger partial charge in [-0.25, -0.2) is 0 Å². The molecule has 13 heavy (non-hydrogen) atoms. The normalized spacial score (nSPS) is 20.4. The van der Waals surface area contributed by atoms with Crippen LogP contribution < -0.4 is 5.73 Å². The van der Waals surface area contributed by atoms with Gasteiger partial charge in [0.2, 0.25) is 0 Å². The third kappa shape index (κ3) is 4.27. The summed E-state index contributed by atoms with van der Waals surface area (Å²) in [6, 6.07) is 0.0965. The van der Waals surface area contributed by atoms with E-state index in [4.69, 9.17) is 10.8 Å². The summed E-state index contributed by atoms with van der Waals surface area (Å²) in [6.45, 7) is 0. The van der Waals surface area contributed by atoms with Crippen molar-refractivity contribution in [2.45, 2.75) is 51.0 Å². The molecule has 0 aromatic rings.